The quantitative estimate of drug-likeness (QED) is 0.722. The highest BCUT2D eigenvalue weighted by Crippen LogP contribution is 2.24. The fourth-order valence-corrected chi connectivity index (χ4v) is 3.27. The molecule has 1 N–H and O–H groups in total. The first-order chi connectivity index (χ1) is 12.1. The molecule has 0 radical (unpaired) electrons. The number of aromatic nitrogens is 1. The molecule has 0 aliphatic heterocycles. The topological polar surface area (TPSA) is 42.0 Å². The lowest BCUT2D eigenvalue weighted by Crippen LogP contribution is -2.27. The molecule has 3 aromatic rings. The zero-order valence-corrected chi connectivity index (χ0v) is 14.8. The Kier molecular flexibility index (Phi) is 5.56. The van der Waals surface area contributed by atoms with E-state index in [1.807, 2.05) is 24.4 Å². The van der Waals surface area contributed by atoms with Gasteiger partial charge in [-0.1, -0.05) is 42.0 Å². The Balaban J connectivity index is 1.49. The van der Waals surface area contributed by atoms with Gasteiger partial charge in [-0.05, 0) is 31.0 Å². The highest BCUT2D eigenvalue weighted by Gasteiger charge is 2.09. The van der Waals surface area contributed by atoms with Gasteiger partial charge in [0.25, 0.3) is 0 Å². The van der Waals surface area contributed by atoms with Crippen LogP contribution in [0, 0.1) is 12.7 Å². The number of aryl methyl sites for hydroxylation is 1. The minimum absolute atomic E-state index is 0.0529. The molecule has 1 amide bonds. The normalized spacial score (nSPS) is 10.6. The van der Waals surface area contributed by atoms with E-state index in [1.165, 1.54) is 17.7 Å². The molecule has 0 atom stereocenters. The Morgan fingerprint density at radius 1 is 1.12 bits per heavy atom. The van der Waals surface area contributed by atoms with Crippen LogP contribution in [0.2, 0.25) is 0 Å². The molecule has 25 heavy (non-hydrogen) atoms. The van der Waals surface area contributed by atoms with Crippen molar-refractivity contribution < 1.29 is 9.18 Å². The third kappa shape index (κ3) is 4.97. The number of hydrogen-bond donors (Lipinski definition) is 1. The Labute approximate surface area is 150 Å². The van der Waals surface area contributed by atoms with Gasteiger partial charge >= 0.3 is 0 Å². The number of halogens is 1. The number of carbonyl (C=O) groups excluding carboxylic acids is 1. The summed E-state index contributed by atoms with van der Waals surface area (Å²) in [5.74, 6) is -0.302. The largest absolute Gasteiger partial charge is 0.355 e. The third-order valence-corrected chi connectivity index (χ3v) is 4.78. The summed E-state index contributed by atoms with van der Waals surface area (Å²) in [6.45, 7) is 2.58. The van der Waals surface area contributed by atoms with Crippen LogP contribution in [-0.2, 0) is 17.6 Å². The van der Waals surface area contributed by atoms with Crippen molar-refractivity contribution in [2.24, 2.45) is 0 Å². The lowest BCUT2D eigenvalue weighted by Gasteiger charge is -2.04. The fourth-order valence-electron chi connectivity index (χ4n) is 2.44. The number of carbonyl (C=O) groups is 1. The maximum absolute atomic E-state index is 12.8. The SMILES string of the molecule is Cc1ccc(-c2nc(CC(=O)NCCc3ccc(F)cc3)cs2)cc1. The molecule has 0 saturated carbocycles. The van der Waals surface area contributed by atoms with E-state index >= 15 is 0 Å². The summed E-state index contributed by atoms with van der Waals surface area (Å²) in [5.41, 5.74) is 4.05. The Bertz CT molecular complexity index is 841. The number of thiazole rings is 1. The molecule has 128 valence electrons. The van der Waals surface area contributed by atoms with Crippen molar-refractivity contribution in [1.82, 2.24) is 10.3 Å². The Morgan fingerprint density at radius 3 is 2.56 bits per heavy atom. The van der Waals surface area contributed by atoms with Gasteiger partial charge in [-0.15, -0.1) is 11.3 Å². The molecule has 0 spiro atoms. The van der Waals surface area contributed by atoms with Crippen LogP contribution in [0.25, 0.3) is 10.6 Å². The van der Waals surface area contributed by atoms with E-state index in [9.17, 15) is 9.18 Å². The molecule has 0 aliphatic carbocycles. The van der Waals surface area contributed by atoms with Crippen molar-refractivity contribution >= 4 is 17.2 Å². The minimum Gasteiger partial charge on any atom is -0.355 e. The molecule has 0 bridgehead atoms. The second-order valence-corrected chi connectivity index (χ2v) is 6.77. The van der Waals surface area contributed by atoms with Crippen molar-refractivity contribution in [1.29, 1.82) is 0 Å². The van der Waals surface area contributed by atoms with Crippen LogP contribution >= 0.6 is 11.3 Å². The molecule has 0 saturated heterocycles. The predicted octanol–water partition coefficient (Wildman–Crippen LogP) is 4.16. The molecule has 1 aromatic heterocycles. The Hall–Kier alpha value is -2.53. The molecule has 1 heterocycles. The number of nitrogens with zero attached hydrogens (tertiary/aromatic N) is 1. The lowest BCUT2D eigenvalue weighted by atomic mass is 10.1. The number of hydrogen-bond acceptors (Lipinski definition) is 3. The van der Waals surface area contributed by atoms with Crippen molar-refractivity contribution in [3.8, 4) is 10.6 Å². The van der Waals surface area contributed by atoms with Gasteiger partial charge in [-0.25, -0.2) is 9.37 Å². The van der Waals surface area contributed by atoms with Gasteiger partial charge < -0.3 is 5.32 Å². The van der Waals surface area contributed by atoms with Gasteiger partial charge in [0.2, 0.25) is 5.91 Å². The van der Waals surface area contributed by atoms with Crippen molar-refractivity contribution in [3.05, 3.63) is 76.5 Å². The molecule has 3 nitrogen and oxygen atoms in total. The highest BCUT2D eigenvalue weighted by molar-refractivity contribution is 7.13. The first kappa shape index (κ1) is 17.3. The monoisotopic (exact) mass is 354 g/mol. The third-order valence-electron chi connectivity index (χ3n) is 3.84. The molecule has 0 aliphatic rings. The van der Waals surface area contributed by atoms with E-state index in [-0.39, 0.29) is 18.1 Å². The van der Waals surface area contributed by atoms with Crippen LogP contribution in [0.3, 0.4) is 0 Å². The maximum atomic E-state index is 12.8. The van der Waals surface area contributed by atoms with E-state index in [1.54, 1.807) is 23.5 Å². The first-order valence-electron chi connectivity index (χ1n) is 8.13. The molecule has 5 heteroatoms. The van der Waals surface area contributed by atoms with E-state index in [0.717, 1.165) is 21.8 Å². The summed E-state index contributed by atoms with van der Waals surface area (Å²) >= 11 is 1.55. The van der Waals surface area contributed by atoms with Crippen LogP contribution in [0.1, 0.15) is 16.8 Å². The first-order valence-corrected chi connectivity index (χ1v) is 9.01. The summed E-state index contributed by atoms with van der Waals surface area (Å²) in [6.07, 6.45) is 0.948. The van der Waals surface area contributed by atoms with Gasteiger partial charge in [0.15, 0.2) is 0 Å². The number of nitrogens with one attached hydrogen (secondary N) is 1. The molecule has 0 fully saturated rings. The van der Waals surface area contributed by atoms with E-state index < -0.39 is 0 Å². The number of amides is 1. The van der Waals surface area contributed by atoms with Gasteiger partial charge in [0.05, 0.1) is 12.1 Å². The highest BCUT2D eigenvalue weighted by atomic mass is 32.1. The summed E-state index contributed by atoms with van der Waals surface area (Å²) in [5, 5.41) is 5.73. The van der Waals surface area contributed by atoms with E-state index in [4.69, 9.17) is 0 Å². The van der Waals surface area contributed by atoms with Crippen molar-refractivity contribution in [2.75, 3.05) is 6.54 Å². The molecule has 0 unspecified atom stereocenters. The number of benzene rings is 2. The smallest absolute Gasteiger partial charge is 0.226 e. The predicted molar refractivity (Wildman–Crippen MR) is 99.1 cm³/mol. The van der Waals surface area contributed by atoms with E-state index in [0.29, 0.717) is 13.0 Å². The zero-order chi connectivity index (χ0) is 17.6. The summed E-state index contributed by atoms with van der Waals surface area (Å²) < 4.78 is 12.8. The average molecular weight is 354 g/mol. The van der Waals surface area contributed by atoms with Crippen LogP contribution in [-0.4, -0.2) is 17.4 Å². The van der Waals surface area contributed by atoms with Gasteiger partial charge in [-0.3, -0.25) is 4.79 Å². The number of rotatable bonds is 6. The van der Waals surface area contributed by atoms with Crippen LogP contribution < -0.4 is 5.32 Å². The maximum Gasteiger partial charge on any atom is 0.226 e. The molecular formula is C20H19FN2OS. The van der Waals surface area contributed by atoms with Gasteiger partial charge in [-0.2, -0.15) is 0 Å². The summed E-state index contributed by atoms with van der Waals surface area (Å²) in [4.78, 5) is 16.6. The van der Waals surface area contributed by atoms with E-state index in [2.05, 4.69) is 22.4 Å². The second kappa shape index (κ2) is 8.03. The van der Waals surface area contributed by atoms with Crippen LogP contribution in [0.5, 0.6) is 0 Å². The van der Waals surface area contributed by atoms with Crippen molar-refractivity contribution in [3.63, 3.8) is 0 Å². The summed E-state index contributed by atoms with van der Waals surface area (Å²) in [7, 11) is 0. The molecule has 2 aromatic carbocycles. The second-order valence-electron chi connectivity index (χ2n) is 5.91. The van der Waals surface area contributed by atoms with Crippen LogP contribution in [0.15, 0.2) is 53.9 Å². The van der Waals surface area contributed by atoms with Gasteiger partial charge in [0.1, 0.15) is 10.8 Å². The molecule has 3 rings (SSSR count). The average Bonchev–Trinajstić information content (AvgIpc) is 3.06. The lowest BCUT2D eigenvalue weighted by molar-refractivity contribution is -0.120. The standard InChI is InChI=1S/C20H19FN2OS/c1-14-2-6-16(7-3-14)20-23-18(13-25-20)12-19(24)22-11-10-15-4-8-17(21)9-5-15/h2-9,13H,10-12H2,1H3,(H,22,24). The van der Waals surface area contributed by atoms with Crippen molar-refractivity contribution in [2.45, 2.75) is 19.8 Å². The van der Waals surface area contributed by atoms with Gasteiger partial charge in [0, 0.05) is 17.5 Å². The van der Waals surface area contributed by atoms with Crippen LogP contribution in [0.4, 0.5) is 4.39 Å². The zero-order valence-electron chi connectivity index (χ0n) is 14.0. The minimum atomic E-state index is -0.249. The Morgan fingerprint density at radius 2 is 1.84 bits per heavy atom. The fraction of sp³-hybridized carbons (Fsp3) is 0.200. The molecular weight excluding hydrogens is 335 g/mol. The summed E-state index contributed by atoms with van der Waals surface area (Å²) in [6, 6.07) is 14.5.